The van der Waals surface area contributed by atoms with E-state index in [1.807, 2.05) is 13.0 Å². The van der Waals surface area contributed by atoms with E-state index >= 15 is 4.39 Å². The Balaban J connectivity index is 1.25. The van der Waals surface area contributed by atoms with Crippen molar-refractivity contribution in [3.8, 4) is 5.75 Å². The molecule has 1 N–H and O–H groups in total. The minimum atomic E-state index is -0.692. The first-order valence-electron chi connectivity index (χ1n) is 12.2. The second kappa shape index (κ2) is 9.41. The predicted octanol–water partition coefficient (Wildman–Crippen LogP) is 3.28. The van der Waals surface area contributed by atoms with Crippen LogP contribution in [0.25, 0.3) is 0 Å². The van der Waals surface area contributed by atoms with E-state index < -0.39 is 11.9 Å². The van der Waals surface area contributed by atoms with E-state index in [4.69, 9.17) is 4.74 Å². The molecule has 3 heterocycles. The number of likely N-dealkylation sites (tertiary alicyclic amines) is 1. The highest BCUT2D eigenvalue weighted by molar-refractivity contribution is 6.05. The third kappa shape index (κ3) is 4.55. The number of nitrogens with one attached hydrogen (secondary N) is 1. The highest BCUT2D eigenvalue weighted by Gasteiger charge is 2.40. The molecule has 0 bridgehead atoms. The fourth-order valence-electron chi connectivity index (χ4n) is 5.54. The SMILES string of the molecule is COc1cc(CN2CCC(c3cc4c(cc3F)C(=O)N(C3CCC(=O)NC3=O)C4)CC2)ccc1C. The minimum absolute atomic E-state index is 0.0869. The second-order valence-corrected chi connectivity index (χ2v) is 9.79. The molecule has 3 aliphatic heterocycles. The van der Waals surface area contributed by atoms with E-state index in [0.29, 0.717) is 17.5 Å². The third-order valence-corrected chi connectivity index (χ3v) is 7.55. The molecule has 3 amide bonds. The number of hydrogen-bond donors (Lipinski definition) is 1. The van der Waals surface area contributed by atoms with Gasteiger partial charge in [-0.2, -0.15) is 0 Å². The maximum absolute atomic E-state index is 15.1. The summed E-state index contributed by atoms with van der Waals surface area (Å²) in [6, 6.07) is 8.73. The monoisotopic (exact) mass is 479 g/mol. The summed E-state index contributed by atoms with van der Waals surface area (Å²) in [5, 5.41) is 2.30. The van der Waals surface area contributed by atoms with Gasteiger partial charge in [-0.15, -0.1) is 0 Å². The molecule has 2 aromatic rings. The number of piperidine rings is 2. The molecule has 1 unspecified atom stereocenters. The number of benzene rings is 2. The topological polar surface area (TPSA) is 79.0 Å². The van der Waals surface area contributed by atoms with Crippen LogP contribution in [0.5, 0.6) is 5.75 Å². The van der Waals surface area contributed by atoms with Gasteiger partial charge in [0, 0.05) is 25.1 Å². The zero-order chi connectivity index (χ0) is 24.7. The van der Waals surface area contributed by atoms with Gasteiger partial charge >= 0.3 is 0 Å². The number of nitrogens with zero attached hydrogens (tertiary/aromatic N) is 2. The summed E-state index contributed by atoms with van der Waals surface area (Å²) in [5.74, 6) is -0.507. The van der Waals surface area contributed by atoms with Crippen molar-refractivity contribution in [3.63, 3.8) is 0 Å². The van der Waals surface area contributed by atoms with E-state index in [-0.39, 0.29) is 36.5 Å². The molecule has 184 valence electrons. The van der Waals surface area contributed by atoms with Gasteiger partial charge in [0.05, 0.1) is 7.11 Å². The van der Waals surface area contributed by atoms with Crippen molar-refractivity contribution in [1.82, 2.24) is 15.1 Å². The number of imide groups is 1. The van der Waals surface area contributed by atoms with Crippen LogP contribution in [0.4, 0.5) is 4.39 Å². The lowest BCUT2D eigenvalue weighted by Crippen LogP contribution is -2.52. The van der Waals surface area contributed by atoms with Crippen LogP contribution in [0, 0.1) is 12.7 Å². The molecule has 7 nitrogen and oxygen atoms in total. The van der Waals surface area contributed by atoms with Gasteiger partial charge in [-0.25, -0.2) is 4.39 Å². The number of aryl methyl sites for hydroxylation is 1. The average Bonchev–Trinajstić information content (AvgIpc) is 3.15. The number of amides is 3. The molecule has 0 aliphatic carbocycles. The standard InChI is InChI=1S/C27H30FN3O4/c1-16-3-4-17(11-24(16)35-2)14-30-9-7-18(8-10-30)20-12-19-15-31(27(34)21(19)13-22(20)28)23-5-6-25(32)29-26(23)33/h3-4,11-13,18,23H,5-10,14-15H2,1-2H3,(H,29,32,33). The van der Waals surface area contributed by atoms with Gasteiger partial charge in [-0.05, 0) is 79.6 Å². The lowest BCUT2D eigenvalue weighted by atomic mass is 9.87. The van der Waals surface area contributed by atoms with E-state index in [0.717, 1.165) is 49.4 Å². The van der Waals surface area contributed by atoms with Crippen molar-refractivity contribution in [1.29, 1.82) is 0 Å². The number of rotatable bonds is 5. The summed E-state index contributed by atoms with van der Waals surface area (Å²) >= 11 is 0. The van der Waals surface area contributed by atoms with Crippen LogP contribution in [0.1, 0.15) is 64.2 Å². The zero-order valence-corrected chi connectivity index (χ0v) is 20.1. The number of fused-ring (bicyclic) bond motifs is 1. The first-order chi connectivity index (χ1) is 16.8. The van der Waals surface area contributed by atoms with Crippen LogP contribution in [0.15, 0.2) is 30.3 Å². The number of carbonyl (C=O) groups excluding carboxylic acids is 3. The van der Waals surface area contributed by atoms with Gasteiger partial charge in [0.1, 0.15) is 17.6 Å². The number of methoxy groups -OCH3 is 1. The molecule has 2 fully saturated rings. The highest BCUT2D eigenvalue weighted by atomic mass is 19.1. The quantitative estimate of drug-likeness (QED) is 0.666. The van der Waals surface area contributed by atoms with Crippen LogP contribution in [0.2, 0.25) is 0 Å². The Morgan fingerprint density at radius 2 is 1.86 bits per heavy atom. The first-order valence-corrected chi connectivity index (χ1v) is 12.2. The summed E-state index contributed by atoms with van der Waals surface area (Å²) in [5.41, 5.74) is 4.03. The van der Waals surface area contributed by atoms with Crippen LogP contribution in [-0.4, -0.2) is 53.8 Å². The number of carbonyl (C=O) groups is 3. The normalized spacial score (nSPS) is 21.3. The van der Waals surface area contributed by atoms with Crippen molar-refractivity contribution < 1.29 is 23.5 Å². The Kier molecular flexibility index (Phi) is 6.32. The molecule has 0 radical (unpaired) electrons. The number of hydrogen-bond acceptors (Lipinski definition) is 5. The summed E-state index contributed by atoms with van der Waals surface area (Å²) < 4.78 is 20.6. The van der Waals surface area contributed by atoms with Crippen molar-refractivity contribution in [3.05, 3.63) is 64.0 Å². The van der Waals surface area contributed by atoms with Gasteiger partial charge in [-0.3, -0.25) is 24.6 Å². The van der Waals surface area contributed by atoms with Crippen molar-refractivity contribution >= 4 is 17.7 Å². The molecule has 0 aromatic heterocycles. The lowest BCUT2D eigenvalue weighted by Gasteiger charge is -2.32. The predicted molar refractivity (Wildman–Crippen MR) is 127 cm³/mol. The Morgan fingerprint density at radius 1 is 1.09 bits per heavy atom. The largest absolute Gasteiger partial charge is 0.496 e. The summed E-state index contributed by atoms with van der Waals surface area (Å²) in [4.78, 5) is 40.5. The first kappa shape index (κ1) is 23.5. The summed E-state index contributed by atoms with van der Waals surface area (Å²) in [6.45, 7) is 4.83. The second-order valence-electron chi connectivity index (χ2n) is 9.79. The van der Waals surface area contributed by atoms with Gasteiger partial charge in [0.15, 0.2) is 0 Å². The molecule has 0 spiro atoms. The highest BCUT2D eigenvalue weighted by Crippen LogP contribution is 2.36. The Morgan fingerprint density at radius 3 is 2.57 bits per heavy atom. The zero-order valence-electron chi connectivity index (χ0n) is 20.1. The molecule has 0 saturated carbocycles. The van der Waals surface area contributed by atoms with Crippen LogP contribution in [-0.2, 0) is 22.7 Å². The van der Waals surface area contributed by atoms with E-state index in [1.165, 1.54) is 16.5 Å². The fourth-order valence-corrected chi connectivity index (χ4v) is 5.54. The van der Waals surface area contributed by atoms with E-state index in [9.17, 15) is 14.4 Å². The molecule has 5 rings (SSSR count). The molecule has 35 heavy (non-hydrogen) atoms. The average molecular weight is 480 g/mol. The van der Waals surface area contributed by atoms with Crippen molar-refractivity contribution in [2.45, 2.75) is 57.7 Å². The van der Waals surface area contributed by atoms with E-state index in [2.05, 4.69) is 28.4 Å². The molecular weight excluding hydrogens is 449 g/mol. The lowest BCUT2D eigenvalue weighted by molar-refractivity contribution is -0.136. The summed E-state index contributed by atoms with van der Waals surface area (Å²) in [7, 11) is 1.68. The van der Waals surface area contributed by atoms with Gasteiger partial charge < -0.3 is 9.64 Å². The molecular formula is C27H30FN3O4. The molecule has 1 atom stereocenters. The molecule has 3 aliphatic rings. The Labute approximate surface area is 204 Å². The van der Waals surface area contributed by atoms with Gasteiger partial charge in [-0.1, -0.05) is 18.2 Å². The van der Waals surface area contributed by atoms with Gasteiger partial charge in [0.2, 0.25) is 11.8 Å². The van der Waals surface area contributed by atoms with Crippen molar-refractivity contribution in [2.75, 3.05) is 20.2 Å². The van der Waals surface area contributed by atoms with E-state index in [1.54, 1.807) is 7.11 Å². The van der Waals surface area contributed by atoms with Crippen LogP contribution >= 0.6 is 0 Å². The summed E-state index contributed by atoms with van der Waals surface area (Å²) in [6.07, 6.45) is 2.17. The third-order valence-electron chi connectivity index (χ3n) is 7.55. The molecule has 2 saturated heterocycles. The molecule has 8 heteroatoms. The van der Waals surface area contributed by atoms with Crippen molar-refractivity contribution in [2.24, 2.45) is 0 Å². The number of halogens is 1. The maximum Gasteiger partial charge on any atom is 0.255 e. The number of ether oxygens (including phenoxy) is 1. The Hall–Kier alpha value is -3.26. The van der Waals surface area contributed by atoms with Gasteiger partial charge in [0.25, 0.3) is 5.91 Å². The Bertz CT molecular complexity index is 1190. The molecule has 2 aromatic carbocycles. The van der Waals surface area contributed by atoms with Crippen LogP contribution in [0.3, 0.4) is 0 Å². The smallest absolute Gasteiger partial charge is 0.255 e. The minimum Gasteiger partial charge on any atom is -0.496 e. The maximum atomic E-state index is 15.1. The van der Waals surface area contributed by atoms with Crippen LogP contribution < -0.4 is 10.1 Å². The fraction of sp³-hybridized carbons (Fsp3) is 0.444.